The van der Waals surface area contributed by atoms with Crippen molar-refractivity contribution in [2.24, 2.45) is 0 Å². The van der Waals surface area contributed by atoms with Crippen molar-refractivity contribution in [1.82, 2.24) is 0 Å². The van der Waals surface area contributed by atoms with Crippen molar-refractivity contribution in [2.75, 3.05) is 7.11 Å². The number of halogens is 4. The van der Waals surface area contributed by atoms with E-state index in [-0.39, 0.29) is 12.1 Å². The Hall–Kier alpha value is -1.10. The summed E-state index contributed by atoms with van der Waals surface area (Å²) in [5, 5.41) is 7.00. The normalized spacial score (nSPS) is 8.83. The molecule has 0 radical (unpaired) electrons. The molecule has 0 aliphatic carbocycles. The molecule has 0 fully saturated rings. The lowest BCUT2D eigenvalue weighted by molar-refractivity contribution is 0.399. The summed E-state index contributed by atoms with van der Waals surface area (Å²) in [6.07, 6.45) is 0. The van der Waals surface area contributed by atoms with Gasteiger partial charge >= 0.3 is 0 Å². The SMILES string of the molecule is CO.Fc1cc(F)c(F)cc1F. The average molecular weight is 182 g/mol. The number of aliphatic hydroxyl groups is 1. The van der Waals surface area contributed by atoms with Crippen LogP contribution in [0.25, 0.3) is 0 Å². The fourth-order valence-corrected chi connectivity index (χ4v) is 0.498. The van der Waals surface area contributed by atoms with Crippen LogP contribution in [0.15, 0.2) is 12.1 Å². The zero-order chi connectivity index (χ0) is 9.72. The van der Waals surface area contributed by atoms with Crippen LogP contribution in [0.1, 0.15) is 0 Å². The van der Waals surface area contributed by atoms with E-state index in [2.05, 4.69) is 0 Å². The van der Waals surface area contributed by atoms with Gasteiger partial charge in [0.25, 0.3) is 0 Å². The minimum Gasteiger partial charge on any atom is -0.400 e. The van der Waals surface area contributed by atoms with Gasteiger partial charge in [-0.2, -0.15) is 0 Å². The second kappa shape index (κ2) is 4.71. The van der Waals surface area contributed by atoms with E-state index >= 15 is 0 Å². The van der Waals surface area contributed by atoms with Gasteiger partial charge in [-0.1, -0.05) is 0 Å². The number of aliphatic hydroxyl groups excluding tert-OH is 1. The number of hydrogen-bond acceptors (Lipinski definition) is 1. The van der Waals surface area contributed by atoms with Gasteiger partial charge in [-0.15, -0.1) is 0 Å². The largest absolute Gasteiger partial charge is 0.400 e. The molecule has 0 aliphatic rings. The predicted octanol–water partition coefficient (Wildman–Crippen LogP) is 1.85. The van der Waals surface area contributed by atoms with Gasteiger partial charge in [-0.25, -0.2) is 17.6 Å². The van der Waals surface area contributed by atoms with Gasteiger partial charge in [-0.05, 0) is 0 Å². The van der Waals surface area contributed by atoms with Crippen molar-refractivity contribution in [3.05, 3.63) is 35.4 Å². The van der Waals surface area contributed by atoms with Crippen LogP contribution >= 0.6 is 0 Å². The summed E-state index contributed by atoms with van der Waals surface area (Å²) in [6.45, 7) is 0. The van der Waals surface area contributed by atoms with Crippen LogP contribution in [0.4, 0.5) is 17.6 Å². The molecule has 1 N–H and O–H groups in total. The minimum absolute atomic E-state index is 0.157. The summed E-state index contributed by atoms with van der Waals surface area (Å²) in [7, 11) is 1.00. The second-order valence-electron chi connectivity index (χ2n) is 1.68. The molecule has 0 aliphatic heterocycles. The minimum atomic E-state index is -1.39. The van der Waals surface area contributed by atoms with Gasteiger partial charge in [0, 0.05) is 19.2 Å². The second-order valence-corrected chi connectivity index (χ2v) is 1.68. The Labute approximate surface area is 66.3 Å². The molecule has 1 nitrogen and oxygen atoms in total. The van der Waals surface area contributed by atoms with E-state index in [0.29, 0.717) is 0 Å². The molecule has 5 heteroatoms. The first-order valence-electron chi connectivity index (χ1n) is 2.86. The Morgan fingerprint density at radius 3 is 1.08 bits per heavy atom. The quantitative estimate of drug-likeness (QED) is 0.479. The van der Waals surface area contributed by atoms with E-state index in [0.717, 1.165) is 7.11 Å². The Morgan fingerprint density at radius 1 is 0.750 bits per heavy atom. The van der Waals surface area contributed by atoms with Gasteiger partial charge in [0.15, 0.2) is 23.3 Å². The first-order chi connectivity index (χ1) is 5.61. The van der Waals surface area contributed by atoms with E-state index in [1.807, 2.05) is 0 Å². The van der Waals surface area contributed by atoms with Crippen LogP contribution in [-0.2, 0) is 0 Å². The Morgan fingerprint density at radius 2 is 0.917 bits per heavy atom. The fraction of sp³-hybridized carbons (Fsp3) is 0.143. The third kappa shape index (κ3) is 2.50. The summed E-state index contributed by atoms with van der Waals surface area (Å²) in [6, 6.07) is 0.315. The van der Waals surface area contributed by atoms with Gasteiger partial charge < -0.3 is 5.11 Å². The molecule has 1 aromatic rings. The lowest BCUT2D eigenvalue weighted by Crippen LogP contribution is -1.90. The summed E-state index contributed by atoms with van der Waals surface area (Å²) >= 11 is 0. The van der Waals surface area contributed by atoms with Gasteiger partial charge in [0.05, 0.1) is 0 Å². The molecular weight excluding hydrogens is 176 g/mol. The van der Waals surface area contributed by atoms with Crippen molar-refractivity contribution in [2.45, 2.75) is 0 Å². The molecule has 0 unspecified atom stereocenters. The molecule has 0 saturated carbocycles. The molecular formula is C7H6F4O. The highest BCUT2D eigenvalue weighted by atomic mass is 19.2. The molecule has 1 aromatic carbocycles. The fourth-order valence-electron chi connectivity index (χ4n) is 0.498. The third-order valence-corrected chi connectivity index (χ3v) is 0.963. The zero-order valence-electron chi connectivity index (χ0n) is 6.11. The van der Waals surface area contributed by atoms with Crippen LogP contribution in [0, 0.1) is 23.3 Å². The van der Waals surface area contributed by atoms with Crippen molar-refractivity contribution in [3.63, 3.8) is 0 Å². The number of benzene rings is 1. The zero-order valence-corrected chi connectivity index (χ0v) is 6.11. The topological polar surface area (TPSA) is 20.2 Å². The van der Waals surface area contributed by atoms with Crippen molar-refractivity contribution < 1.29 is 22.7 Å². The summed E-state index contributed by atoms with van der Waals surface area (Å²) in [5.74, 6) is -5.56. The van der Waals surface area contributed by atoms with Gasteiger partial charge in [0.1, 0.15) is 0 Å². The van der Waals surface area contributed by atoms with E-state index in [1.54, 1.807) is 0 Å². The lowest BCUT2D eigenvalue weighted by Gasteiger charge is -1.92. The standard InChI is InChI=1S/C6H2F4.CH4O/c7-3-1-4(8)6(10)2-5(3)9;1-2/h1-2H;2H,1H3. The van der Waals surface area contributed by atoms with E-state index in [9.17, 15) is 17.6 Å². The summed E-state index contributed by atoms with van der Waals surface area (Å²) in [4.78, 5) is 0. The molecule has 0 spiro atoms. The molecule has 12 heavy (non-hydrogen) atoms. The Kier molecular flexibility index (Phi) is 4.28. The molecule has 1 rings (SSSR count). The van der Waals surface area contributed by atoms with E-state index in [1.165, 1.54) is 0 Å². The van der Waals surface area contributed by atoms with Gasteiger partial charge in [0.2, 0.25) is 0 Å². The highest BCUT2D eigenvalue weighted by Crippen LogP contribution is 2.11. The average Bonchev–Trinajstić information content (AvgIpc) is 2.05. The molecule has 0 saturated heterocycles. The molecule has 0 atom stereocenters. The maximum absolute atomic E-state index is 12.0. The monoisotopic (exact) mass is 182 g/mol. The van der Waals surface area contributed by atoms with Crippen LogP contribution < -0.4 is 0 Å². The molecule has 68 valence electrons. The molecule has 0 heterocycles. The highest BCUT2D eigenvalue weighted by Gasteiger charge is 2.07. The van der Waals surface area contributed by atoms with Crippen LogP contribution in [0.2, 0.25) is 0 Å². The van der Waals surface area contributed by atoms with E-state index < -0.39 is 23.3 Å². The first kappa shape index (κ1) is 10.9. The molecule has 0 amide bonds. The molecule has 0 aromatic heterocycles. The number of hydrogen-bond donors (Lipinski definition) is 1. The van der Waals surface area contributed by atoms with Gasteiger partial charge in [-0.3, -0.25) is 0 Å². The molecule has 0 bridgehead atoms. The lowest BCUT2D eigenvalue weighted by atomic mass is 10.3. The Bertz CT molecular complexity index is 212. The summed E-state index contributed by atoms with van der Waals surface area (Å²) < 4.78 is 47.9. The summed E-state index contributed by atoms with van der Waals surface area (Å²) in [5.41, 5.74) is 0. The Balaban J connectivity index is 0.000000561. The maximum atomic E-state index is 12.0. The van der Waals surface area contributed by atoms with Crippen LogP contribution in [0.3, 0.4) is 0 Å². The van der Waals surface area contributed by atoms with Crippen molar-refractivity contribution in [3.8, 4) is 0 Å². The van der Waals surface area contributed by atoms with Crippen molar-refractivity contribution in [1.29, 1.82) is 0 Å². The van der Waals surface area contributed by atoms with Crippen molar-refractivity contribution >= 4 is 0 Å². The van der Waals surface area contributed by atoms with E-state index in [4.69, 9.17) is 5.11 Å². The maximum Gasteiger partial charge on any atom is 0.161 e. The van der Waals surface area contributed by atoms with Crippen LogP contribution in [0.5, 0.6) is 0 Å². The third-order valence-electron chi connectivity index (χ3n) is 0.963. The smallest absolute Gasteiger partial charge is 0.161 e. The number of rotatable bonds is 0. The highest BCUT2D eigenvalue weighted by molar-refractivity contribution is 5.10. The first-order valence-corrected chi connectivity index (χ1v) is 2.86. The predicted molar refractivity (Wildman–Crippen MR) is 34.4 cm³/mol. The van der Waals surface area contributed by atoms with Crippen LogP contribution in [-0.4, -0.2) is 12.2 Å².